The van der Waals surface area contributed by atoms with Crippen LogP contribution in [-0.4, -0.2) is 31.1 Å². The van der Waals surface area contributed by atoms with Crippen LogP contribution in [0.2, 0.25) is 0 Å². The predicted molar refractivity (Wildman–Crippen MR) is 102 cm³/mol. The molecule has 0 aliphatic carbocycles. The summed E-state index contributed by atoms with van der Waals surface area (Å²) in [6, 6.07) is 10.9. The zero-order valence-electron chi connectivity index (χ0n) is 13.4. The van der Waals surface area contributed by atoms with E-state index in [0.29, 0.717) is 22.6 Å². The van der Waals surface area contributed by atoms with Crippen LogP contribution in [0, 0.1) is 10.1 Å². The van der Waals surface area contributed by atoms with Crippen LogP contribution in [0.5, 0.6) is 5.75 Å². The lowest BCUT2D eigenvalue weighted by atomic mass is 10.1. The van der Waals surface area contributed by atoms with Gasteiger partial charge in [-0.25, -0.2) is 0 Å². The number of ether oxygens (including phenoxy) is 1. The number of aromatic nitrogens is 3. The summed E-state index contributed by atoms with van der Waals surface area (Å²) in [6.45, 7) is 0. The van der Waals surface area contributed by atoms with Crippen molar-refractivity contribution in [2.24, 2.45) is 0 Å². The zero-order valence-corrected chi connectivity index (χ0v) is 15.6. The van der Waals surface area contributed by atoms with Gasteiger partial charge in [-0.1, -0.05) is 5.21 Å². The second-order valence-corrected chi connectivity index (χ2v) is 6.06. The molecule has 1 heterocycles. The molecule has 0 radical (unpaired) electrons. The molecular formula is C16H12IN5O4. The Balaban J connectivity index is 1.95. The third-order valence-electron chi connectivity index (χ3n) is 3.60. The monoisotopic (exact) mass is 465 g/mol. The molecule has 1 amide bonds. The number of anilines is 1. The number of carbonyl (C=O) groups is 1. The normalized spacial score (nSPS) is 10.4. The van der Waals surface area contributed by atoms with Gasteiger partial charge in [0.1, 0.15) is 17.1 Å². The van der Waals surface area contributed by atoms with Crippen molar-refractivity contribution >= 4 is 40.1 Å². The summed E-state index contributed by atoms with van der Waals surface area (Å²) in [6.07, 6.45) is 1.53. The quantitative estimate of drug-likeness (QED) is 0.352. The summed E-state index contributed by atoms with van der Waals surface area (Å²) >= 11 is 1.94. The molecule has 0 saturated carbocycles. The van der Waals surface area contributed by atoms with Crippen LogP contribution < -0.4 is 10.1 Å². The van der Waals surface area contributed by atoms with Gasteiger partial charge in [-0.15, -0.1) is 5.10 Å². The first-order valence-electron chi connectivity index (χ1n) is 7.30. The molecule has 0 saturated heterocycles. The molecule has 0 atom stereocenters. The highest BCUT2D eigenvalue weighted by Gasteiger charge is 2.19. The summed E-state index contributed by atoms with van der Waals surface area (Å²) in [5, 5.41) is 21.5. The Labute approximate surface area is 161 Å². The topological polar surface area (TPSA) is 112 Å². The summed E-state index contributed by atoms with van der Waals surface area (Å²) < 4.78 is 6.56. The molecule has 0 fully saturated rings. The van der Waals surface area contributed by atoms with Gasteiger partial charge >= 0.3 is 0 Å². The maximum absolute atomic E-state index is 12.4. The van der Waals surface area contributed by atoms with Crippen molar-refractivity contribution in [1.29, 1.82) is 0 Å². The van der Waals surface area contributed by atoms with Crippen LogP contribution in [0.15, 0.2) is 48.7 Å². The summed E-state index contributed by atoms with van der Waals surface area (Å²) in [7, 11) is 1.52. The second kappa shape index (κ2) is 7.47. The lowest BCUT2D eigenvalue weighted by Crippen LogP contribution is -2.13. The van der Waals surface area contributed by atoms with E-state index in [1.54, 1.807) is 30.3 Å². The second-order valence-electron chi connectivity index (χ2n) is 5.15. The highest BCUT2D eigenvalue weighted by atomic mass is 127. The Kier molecular flexibility index (Phi) is 5.11. The first-order valence-corrected chi connectivity index (χ1v) is 8.27. The Morgan fingerprint density at radius 2 is 2.00 bits per heavy atom. The summed E-state index contributed by atoms with van der Waals surface area (Å²) in [5.41, 5.74) is 1.53. The van der Waals surface area contributed by atoms with Crippen molar-refractivity contribution in [3.05, 3.63) is 64.3 Å². The smallest absolute Gasteiger partial charge is 0.292 e. The predicted octanol–water partition coefficient (Wildman–Crippen LogP) is 3.31. The highest BCUT2D eigenvalue weighted by molar-refractivity contribution is 14.1. The number of benzene rings is 2. The molecule has 0 aliphatic heterocycles. The third-order valence-corrected chi connectivity index (χ3v) is 4.31. The first-order chi connectivity index (χ1) is 12.5. The number of nitrogens with zero attached hydrogens (tertiary/aromatic N) is 4. The molecule has 26 heavy (non-hydrogen) atoms. The molecule has 1 N–H and O–H groups in total. The zero-order chi connectivity index (χ0) is 18.7. The van der Waals surface area contributed by atoms with E-state index in [4.69, 9.17) is 4.74 Å². The number of rotatable bonds is 5. The molecule has 1 aromatic heterocycles. The number of carbonyl (C=O) groups excluding carboxylic acids is 1. The molecule has 10 heteroatoms. The molecule has 132 valence electrons. The molecule has 0 unspecified atom stereocenters. The lowest BCUT2D eigenvalue weighted by Gasteiger charge is -2.09. The van der Waals surface area contributed by atoms with E-state index in [1.807, 2.05) is 22.9 Å². The van der Waals surface area contributed by atoms with E-state index in [2.05, 4.69) is 15.6 Å². The van der Waals surface area contributed by atoms with Crippen LogP contribution in [-0.2, 0) is 0 Å². The molecular weight excluding hydrogens is 453 g/mol. The van der Waals surface area contributed by atoms with Crippen LogP contribution in [0.3, 0.4) is 0 Å². The SMILES string of the molecule is COc1ccc(C(=O)Nc2cc(-c3cnnn3I)ccc2[N+](=O)[O-])cc1. The van der Waals surface area contributed by atoms with Gasteiger partial charge in [0, 0.05) is 17.2 Å². The van der Waals surface area contributed by atoms with E-state index in [0.717, 1.165) is 0 Å². The fourth-order valence-electron chi connectivity index (χ4n) is 2.29. The van der Waals surface area contributed by atoms with Crippen molar-refractivity contribution in [3.63, 3.8) is 0 Å². The van der Waals surface area contributed by atoms with Crippen LogP contribution >= 0.6 is 22.9 Å². The maximum Gasteiger partial charge on any atom is 0.292 e. The number of halogens is 1. The molecule has 0 spiro atoms. The van der Waals surface area contributed by atoms with E-state index in [9.17, 15) is 14.9 Å². The minimum absolute atomic E-state index is 0.0888. The summed E-state index contributed by atoms with van der Waals surface area (Å²) in [5.74, 6) is 0.145. The van der Waals surface area contributed by atoms with Crippen LogP contribution in [0.25, 0.3) is 11.3 Å². The molecule has 3 rings (SSSR count). The first kappa shape index (κ1) is 17.8. The number of nitro groups is 1. The van der Waals surface area contributed by atoms with Gasteiger partial charge in [-0.3, -0.25) is 14.9 Å². The Bertz CT molecular complexity index is 971. The Morgan fingerprint density at radius 1 is 1.27 bits per heavy atom. The van der Waals surface area contributed by atoms with Gasteiger partial charge in [0.05, 0.1) is 41.1 Å². The minimum Gasteiger partial charge on any atom is -0.497 e. The van der Waals surface area contributed by atoms with Crippen molar-refractivity contribution < 1.29 is 14.5 Å². The van der Waals surface area contributed by atoms with Crippen molar-refractivity contribution in [3.8, 4) is 17.0 Å². The largest absolute Gasteiger partial charge is 0.497 e. The third kappa shape index (κ3) is 3.64. The minimum atomic E-state index is -0.549. The number of methoxy groups -OCH3 is 1. The molecule has 3 aromatic rings. The van der Waals surface area contributed by atoms with Crippen LogP contribution in [0.4, 0.5) is 11.4 Å². The van der Waals surface area contributed by atoms with E-state index in [-0.39, 0.29) is 11.4 Å². The number of nitro benzene ring substituents is 1. The molecule has 0 bridgehead atoms. The Hall–Kier alpha value is -3.02. The van der Waals surface area contributed by atoms with Gasteiger partial charge in [-0.2, -0.15) is 2.90 Å². The van der Waals surface area contributed by atoms with Crippen molar-refractivity contribution in [2.45, 2.75) is 0 Å². The number of hydrogen-bond acceptors (Lipinski definition) is 6. The lowest BCUT2D eigenvalue weighted by molar-refractivity contribution is -0.383. The number of amides is 1. The van der Waals surface area contributed by atoms with E-state index in [1.165, 1.54) is 28.3 Å². The fourth-order valence-corrected chi connectivity index (χ4v) is 2.81. The number of nitrogens with one attached hydrogen (secondary N) is 1. The van der Waals surface area contributed by atoms with E-state index < -0.39 is 10.8 Å². The molecule has 2 aromatic carbocycles. The summed E-state index contributed by atoms with van der Waals surface area (Å²) in [4.78, 5) is 23.2. The standard InChI is InChI=1S/C16H12IN5O4/c1-26-12-5-2-10(3-6-12)16(23)19-13-8-11(4-7-14(13)22(24)25)15-9-18-20-21(15)17/h2-9H,1H3,(H,19,23). The van der Waals surface area contributed by atoms with Gasteiger partial charge in [0.15, 0.2) is 0 Å². The van der Waals surface area contributed by atoms with Crippen molar-refractivity contribution in [2.75, 3.05) is 12.4 Å². The average Bonchev–Trinajstić information content (AvgIpc) is 3.07. The van der Waals surface area contributed by atoms with Crippen molar-refractivity contribution in [1.82, 2.24) is 13.2 Å². The average molecular weight is 465 g/mol. The number of hydrogen-bond donors (Lipinski definition) is 1. The maximum atomic E-state index is 12.4. The fraction of sp³-hybridized carbons (Fsp3) is 0.0625. The van der Waals surface area contributed by atoms with Crippen LogP contribution in [0.1, 0.15) is 10.4 Å². The Morgan fingerprint density at radius 3 is 2.58 bits per heavy atom. The van der Waals surface area contributed by atoms with Gasteiger partial charge < -0.3 is 10.1 Å². The van der Waals surface area contributed by atoms with Gasteiger partial charge in [0.25, 0.3) is 11.6 Å². The van der Waals surface area contributed by atoms with E-state index >= 15 is 0 Å². The van der Waals surface area contributed by atoms with Gasteiger partial charge in [0.2, 0.25) is 0 Å². The molecule has 9 nitrogen and oxygen atoms in total. The van der Waals surface area contributed by atoms with Gasteiger partial charge in [-0.05, 0) is 36.4 Å². The molecule has 0 aliphatic rings. The highest BCUT2D eigenvalue weighted by Crippen LogP contribution is 2.31.